The Kier molecular flexibility index (Phi) is 5.98. The molecular weight excluding hydrogens is 435 g/mol. The summed E-state index contributed by atoms with van der Waals surface area (Å²) in [6, 6.07) is 19.6. The molecule has 0 aliphatic rings. The molecule has 3 aromatic carbocycles. The highest BCUT2D eigenvalue weighted by Gasteiger charge is 2.17. The molecule has 0 spiro atoms. The maximum absolute atomic E-state index is 13.2. The molecule has 0 fully saturated rings. The van der Waals surface area contributed by atoms with Gasteiger partial charge in [0.2, 0.25) is 0 Å². The molecule has 0 radical (unpaired) electrons. The molecule has 1 aromatic heterocycles. The van der Waals surface area contributed by atoms with E-state index in [0.717, 1.165) is 10.9 Å². The summed E-state index contributed by atoms with van der Waals surface area (Å²) in [4.78, 5) is 17.9. The Hall–Kier alpha value is -3.28. The number of pyridine rings is 1. The number of carbonyl (C=O) groups excluding carboxylic acids is 1. The van der Waals surface area contributed by atoms with Gasteiger partial charge in [0.15, 0.2) is 0 Å². The number of hydrogen-bond donors (Lipinski definition) is 1. The van der Waals surface area contributed by atoms with Gasteiger partial charge in [0.25, 0.3) is 5.91 Å². The van der Waals surface area contributed by atoms with Crippen LogP contribution in [-0.2, 0) is 0 Å². The van der Waals surface area contributed by atoms with Crippen molar-refractivity contribution in [2.24, 2.45) is 0 Å². The van der Waals surface area contributed by atoms with E-state index in [1.807, 2.05) is 36.4 Å². The van der Waals surface area contributed by atoms with Crippen LogP contribution in [-0.4, -0.2) is 25.1 Å². The quantitative estimate of drug-likeness (QED) is 0.376. The van der Waals surface area contributed by atoms with Gasteiger partial charge in [0.05, 0.1) is 41.0 Å². The minimum Gasteiger partial charge on any atom is -0.497 e. The second-order valence-electron chi connectivity index (χ2n) is 6.72. The van der Waals surface area contributed by atoms with Crippen molar-refractivity contribution in [2.75, 3.05) is 19.5 Å². The Morgan fingerprint density at radius 2 is 1.71 bits per heavy atom. The number of benzene rings is 3. The third kappa shape index (κ3) is 4.29. The van der Waals surface area contributed by atoms with Gasteiger partial charge in [-0.1, -0.05) is 41.4 Å². The van der Waals surface area contributed by atoms with Crippen molar-refractivity contribution in [1.29, 1.82) is 0 Å². The van der Waals surface area contributed by atoms with Gasteiger partial charge >= 0.3 is 0 Å². The van der Waals surface area contributed by atoms with E-state index in [1.165, 1.54) is 0 Å². The van der Waals surface area contributed by atoms with E-state index in [4.69, 9.17) is 37.7 Å². The average molecular weight is 453 g/mol. The van der Waals surface area contributed by atoms with Crippen molar-refractivity contribution < 1.29 is 14.3 Å². The lowest BCUT2D eigenvalue weighted by molar-refractivity contribution is 0.102. The van der Waals surface area contributed by atoms with E-state index in [9.17, 15) is 4.79 Å². The monoisotopic (exact) mass is 452 g/mol. The van der Waals surface area contributed by atoms with Gasteiger partial charge in [0, 0.05) is 22.7 Å². The van der Waals surface area contributed by atoms with Gasteiger partial charge in [-0.05, 0) is 42.5 Å². The molecule has 0 aliphatic heterocycles. The summed E-state index contributed by atoms with van der Waals surface area (Å²) in [5, 5.41) is 4.40. The summed E-state index contributed by atoms with van der Waals surface area (Å²) >= 11 is 12.1. The summed E-state index contributed by atoms with van der Waals surface area (Å²) in [5.41, 5.74) is 3.07. The number of halogens is 2. The highest BCUT2D eigenvalue weighted by Crippen LogP contribution is 2.34. The topological polar surface area (TPSA) is 60.5 Å². The molecule has 156 valence electrons. The number of anilines is 1. The van der Waals surface area contributed by atoms with Crippen LogP contribution in [0.5, 0.6) is 11.5 Å². The van der Waals surface area contributed by atoms with E-state index >= 15 is 0 Å². The molecule has 0 atom stereocenters. The molecule has 7 heteroatoms. The van der Waals surface area contributed by atoms with E-state index < -0.39 is 0 Å². The van der Waals surface area contributed by atoms with Gasteiger partial charge in [-0.15, -0.1) is 0 Å². The van der Waals surface area contributed by atoms with E-state index in [1.54, 1.807) is 44.6 Å². The Bertz CT molecular complexity index is 1290. The first-order valence-corrected chi connectivity index (χ1v) is 10.1. The van der Waals surface area contributed by atoms with Crippen LogP contribution in [0.4, 0.5) is 5.69 Å². The van der Waals surface area contributed by atoms with E-state index in [-0.39, 0.29) is 5.91 Å². The summed E-state index contributed by atoms with van der Waals surface area (Å²) in [7, 11) is 3.17. The fourth-order valence-electron chi connectivity index (χ4n) is 3.28. The number of nitrogens with one attached hydrogen (secondary N) is 1. The number of hydrogen-bond acceptors (Lipinski definition) is 4. The van der Waals surface area contributed by atoms with Crippen LogP contribution in [0.3, 0.4) is 0 Å². The summed E-state index contributed by atoms with van der Waals surface area (Å²) in [6.07, 6.45) is 0. The molecule has 0 saturated heterocycles. The molecule has 0 saturated carbocycles. The normalized spacial score (nSPS) is 10.7. The van der Waals surface area contributed by atoms with Crippen LogP contribution < -0.4 is 14.8 Å². The Labute approximate surface area is 189 Å². The number of amides is 1. The average Bonchev–Trinajstić information content (AvgIpc) is 2.80. The highest BCUT2D eigenvalue weighted by molar-refractivity contribution is 6.42. The minimum absolute atomic E-state index is 0.286. The first-order chi connectivity index (χ1) is 15.0. The third-order valence-electron chi connectivity index (χ3n) is 4.82. The number of rotatable bonds is 5. The van der Waals surface area contributed by atoms with Crippen molar-refractivity contribution in [3.63, 3.8) is 0 Å². The van der Waals surface area contributed by atoms with Crippen molar-refractivity contribution in [1.82, 2.24) is 4.98 Å². The fourth-order valence-corrected chi connectivity index (χ4v) is 3.58. The summed E-state index contributed by atoms with van der Waals surface area (Å²) < 4.78 is 10.8. The number of para-hydroxylation sites is 1. The zero-order valence-corrected chi connectivity index (χ0v) is 18.3. The smallest absolute Gasteiger partial charge is 0.256 e. The van der Waals surface area contributed by atoms with Gasteiger partial charge in [-0.2, -0.15) is 0 Å². The Balaban J connectivity index is 1.82. The number of carbonyl (C=O) groups is 1. The predicted molar refractivity (Wildman–Crippen MR) is 125 cm³/mol. The van der Waals surface area contributed by atoms with Crippen LogP contribution in [0.1, 0.15) is 10.4 Å². The predicted octanol–water partition coefficient (Wildman–Crippen LogP) is 6.48. The lowest BCUT2D eigenvalue weighted by atomic mass is 10.0. The summed E-state index contributed by atoms with van der Waals surface area (Å²) in [6.45, 7) is 0. The number of nitrogens with zero attached hydrogens (tertiary/aromatic N) is 1. The minimum atomic E-state index is -0.286. The van der Waals surface area contributed by atoms with Crippen molar-refractivity contribution in [3.8, 4) is 22.8 Å². The van der Waals surface area contributed by atoms with Gasteiger partial charge in [-0.25, -0.2) is 4.98 Å². The zero-order valence-electron chi connectivity index (χ0n) is 16.8. The van der Waals surface area contributed by atoms with Gasteiger partial charge < -0.3 is 14.8 Å². The largest absolute Gasteiger partial charge is 0.497 e. The van der Waals surface area contributed by atoms with Crippen molar-refractivity contribution in [3.05, 3.63) is 82.3 Å². The molecule has 4 aromatic rings. The SMILES string of the molecule is COc1ccc(-c2cc(C(=O)Nc3ccc(Cl)c(Cl)c3)c3ccccc3n2)c(OC)c1. The third-order valence-corrected chi connectivity index (χ3v) is 5.56. The van der Waals surface area contributed by atoms with Gasteiger partial charge in [0.1, 0.15) is 11.5 Å². The van der Waals surface area contributed by atoms with Crippen LogP contribution >= 0.6 is 23.2 Å². The second-order valence-corrected chi connectivity index (χ2v) is 7.54. The van der Waals surface area contributed by atoms with Gasteiger partial charge in [-0.3, -0.25) is 4.79 Å². The van der Waals surface area contributed by atoms with E-state index in [2.05, 4.69) is 5.32 Å². The first kappa shape index (κ1) is 21.0. The van der Waals surface area contributed by atoms with Crippen LogP contribution in [0.15, 0.2) is 66.7 Å². The number of fused-ring (bicyclic) bond motifs is 1. The maximum Gasteiger partial charge on any atom is 0.256 e. The van der Waals surface area contributed by atoms with Crippen LogP contribution in [0.2, 0.25) is 10.0 Å². The molecule has 0 bridgehead atoms. The number of aromatic nitrogens is 1. The molecule has 0 unspecified atom stereocenters. The lowest BCUT2D eigenvalue weighted by Crippen LogP contribution is -2.13. The maximum atomic E-state index is 13.2. The lowest BCUT2D eigenvalue weighted by Gasteiger charge is -2.13. The summed E-state index contributed by atoms with van der Waals surface area (Å²) in [5.74, 6) is 0.975. The van der Waals surface area contributed by atoms with E-state index in [0.29, 0.717) is 44.0 Å². The number of ether oxygens (including phenoxy) is 2. The Morgan fingerprint density at radius 3 is 2.45 bits per heavy atom. The molecule has 0 aliphatic carbocycles. The van der Waals surface area contributed by atoms with Crippen molar-refractivity contribution >= 4 is 45.7 Å². The first-order valence-electron chi connectivity index (χ1n) is 9.38. The Morgan fingerprint density at radius 1 is 0.903 bits per heavy atom. The van der Waals surface area contributed by atoms with Crippen LogP contribution in [0, 0.1) is 0 Å². The molecule has 1 heterocycles. The fraction of sp³-hybridized carbons (Fsp3) is 0.0833. The van der Waals surface area contributed by atoms with Crippen LogP contribution in [0.25, 0.3) is 22.2 Å². The molecule has 5 nitrogen and oxygen atoms in total. The van der Waals surface area contributed by atoms with Crippen molar-refractivity contribution in [2.45, 2.75) is 0 Å². The second kappa shape index (κ2) is 8.84. The standard InChI is InChI=1S/C24H18Cl2N2O3/c1-30-15-8-9-17(23(12-15)31-2)22-13-18(16-5-3-4-6-21(16)28-22)24(29)27-14-7-10-19(25)20(26)11-14/h3-13H,1-2H3,(H,27,29). The molecule has 1 N–H and O–H groups in total. The molecule has 1 amide bonds. The molecule has 31 heavy (non-hydrogen) atoms. The zero-order chi connectivity index (χ0) is 22.0. The number of methoxy groups -OCH3 is 2. The highest BCUT2D eigenvalue weighted by atomic mass is 35.5. The molecule has 4 rings (SSSR count). The molecular formula is C24H18Cl2N2O3.